The standard InChI is InChI=1S/C14H19N3O4/c1-10-8-13(17(19)20)14(21-3)9-12(10)16-6-4-15(5-7-16)11(2)18/h8-9H,4-7H2,1-3H3. The third-order valence-electron chi connectivity index (χ3n) is 3.76. The van der Waals surface area contributed by atoms with Crippen LogP contribution < -0.4 is 9.64 Å². The van der Waals surface area contributed by atoms with Crippen LogP contribution in [0.5, 0.6) is 5.75 Å². The van der Waals surface area contributed by atoms with Crippen LogP contribution in [0.4, 0.5) is 11.4 Å². The first-order chi connectivity index (χ1) is 9.93. The Morgan fingerprint density at radius 3 is 2.38 bits per heavy atom. The number of ether oxygens (including phenoxy) is 1. The molecule has 0 bridgehead atoms. The van der Waals surface area contributed by atoms with Crippen molar-refractivity contribution in [1.29, 1.82) is 0 Å². The molecule has 0 unspecified atom stereocenters. The van der Waals surface area contributed by atoms with Gasteiger partial charge in [-0.15, -0.1) is 0 Å². The number of methoxy groups -OCH3 is 1. The summed E-state index contributed by atoms with van der Waals surface area (Å²) in [6.07, 6.45) is 0. The van der Waals surface area contributed by atoms with Crippen molar-refractivity contribution in [3.8, 4) is 5.75 Å². The van der Waals surface area contributed by atoms with Crippen LogP contribution in [-0.2, 0) is 4.79 Å². The van der Waals surface area contributed by atoms with Gasteiger partial charge in [-0.25, -0.2) is 0 Å². The average Bonchev–Trinajstić information content (AvgIpc) is 2.47. The number of nitro groups is 1. The van der Waals surface area contributed by atoms with Crippen LogP contribution in [0.2, 0.25) is 0 Å². The molecular formula is C14H19N3O4. The summed E-state index contributed by atoms with van der Waals surface area (Å²) in [7, 11) is 1.43. The lowest BCUT2D eigenvalue weighted by Gasteiger charge is -2.36. The van der Waals surface area contributed by atoms with Gasteiger partial charge in [-0.3, -0.25) is 14.9 Å². The van der Waals surface area contributed by atoms with E-state index in [1.165, 1.54) is 13.2 Å². The van der Waals surface area contributed by atoms with E-state index in [2.05, 4.69) is 4.90 Å². The van der Waals surface area contributed by atoms with Crippen LogP contribution in [0.3, 0.4) is 0 Å². The van der Waals surface area contributed by atoms with Crippen molar-refractivity contribution in [1.82, 2.24) is 4.90 Å². The molecule has 0 atom stereocenters. The van der Waals surface area contributed by atoms with Gasteiger partial charge >= 0.3 is 5.69 Å². The molecule has 0 aromatic heterocycles. The fraction of sp³-hybridized carbons (Fsp3) is 0.500. The van der Waals surface area contributed by atoms with Crippen LogP contribution in [0, 0.1) is 17.0 Å². The summed E-state index contributed by atoms with van der Waals surface area (Å²) in [5.41, 5.74) is 1.72. The first kappa shape index (κ1) is 15.1. The van der Waals surface area contributed by atoms with Gasteiger partial charge in [0.15, 0.2) is 5.75 Å². The number of piperazine rings is 1. The summed E-state index contributed by atoms with van der Waals surface area (Å²) < 4.78 is 5.12. The Bertz CT molecular complexity index is 566. The normalized spacial score (nSPS) is 15.0. The minimum absolute atomic E-state index is 0.0267. The molecule has 7 nitrogen and oxygen atoms in total. The van der Waals surface area contributed by atoms with E-state index in [4.69, 9.17) is 4.74 Å². The molecule has 2 rings (SSSR count). The van der Waals surface area contributed by atoms with E-state index in [1.807, 2.05) is 6.92 Å². The molecule has 0 aliphatic carbocycles. The molecule has 1 aliphatic heterocycles. The average molecular weight is 293 g/mol. The fourth-order valence-corrected chi connectivity index (χ4v) is 2.57. The van der Waals surface area contributed by atoms with E-state index in [9.17, 15) is 14.9 Å². The number of amides is 1. The van der Waals surface area contributed by atoms with Gasteiger partial charge in [0.1, 0.15) is 0 Å². The molecule has 21 heavy (non-hydrogen) atoms. The van der Waals surface area contributed by atoms with E-state index in [-0.39, 0.29) is 17.3 Å². The van der Waals surface area contributed by atoms with Crippen molar-refractivity contribution in [2.75, 3.05) is 38.2 Å². The molecule has 0 saturated carbocycles. The maximum Gasteiger partial charge on any atom is 0.311 e. The summed E-state index contributed by atoms with van der Waals surface area (Å²) >= 11 is 0. The summed E-state index contributed by atoms with van der Waals surface area (Å²) in [5, 5.41) is 11.0. The van der Waals surface area contributed by atoms with Crippen molar-refractivity contribution in [3.63, 3.8) is 0 Å². The fourth-order valence-electron chi connectivity index (χ4n) is 2.57. The van der Waals surface area contributed by atoms with Crippen molar-refractivity contribution in [3.05, 3.63) is 27.8 Å². The highest BCUT2D eigenvalue weighted by Crippen LogP contribution is 2.34. The second-order valence-electron chi connectivity index (χ2n) is 5.06. The summed E-state index contributed by atoms with van der Waals surface area (Å²) in [5.74, 6) is 0.335. The first-order valence-corrected chi connectivity index (χ1v) is 6.77. The minimum Gasteiger partial charge on any atom is -0.490 e. The molecule has 0 spiro atoms. The monoisotopic (exact) mass is 293 g/mol. The van der Waals surface area contributed by atoms with Crippen LogP contribution >= 0.6 is 0 Å². The highest BCUT2D eigenvalue weighted by Gasteiger charge is 2.23. The van der Waals surface area contributed by atoms with Gasteiger partial charge in [-0.1, -0.05) is 0 Å². The number of anilines is 1. The van der Waals surface area contributed by atoms with Gasteiger partial charge in [-0.05, 0) is 12.5 Å². The molecule has 0 radical (unpaired) electrons. The molecule has 1 aromatic carbocycles. The van der Waals surface area contributed by atoms with Crippen LogP contribution in [0.25, 0.3) is 0 Å². The molecule has 1 heterocycles. The molecule has 1 amide bonds. The summed E-state index contributed by atoms with van der Waals surface area (Å²) in [4.78, 5) is 25.8. The van der Waals surface area contributed by atoms with Gasteiger partial charge < -0.3 is 14.5 Å². The van der Waals surface area contributed by atoms with E-state index in [0.29, 0.717) is 26.2 Å². The molecule has 7 heteroatoms. The van der Waals surface area contributed by atoms with Crippen molar-refractivity contribution in [2.24, 2.45) is 0 Å². The number of carbonyl (C=O) groups excluding carboxylic acids is 1. The Morgan fingerprint density at radius 1 is 1.29 bits per heavy atom. The van der Waals surface area contributed by atoms with E-state index in [1.54, 1.807) is 17.9 Å². The van der Waals surface area contributed by atoms with Crippen LogP contribution in [0.15, 0.2) is 12.1 Å². The third kappa shape index (κ3) is 3.07. The second kappa shape index (κ2) is 5.99. The number of nitro benzene ring substituents is 1. The number of rotatable bonds is 3. The topological polar surface area (TPSA) is 75.9 Å². The number of aryl methyl sites for hydroxylation is 1. The Morgan fingerprint density at radius 2 is 1.90 bits per heavy atom. The number of benzene rings is 1. The highest BCUT2D eigenvalue weighted by molar-refractivity contribution is 5.73. The van der Waals surface area contributed by atoms with E-state index < -0.39 is 4.92 Å². The van der Waals surface area contributed by atoms with Crippen molar-refractivity contribution >= 4 is 17.3 Å². The SMILES string of the molecule is COc1cc(N2CCN(C(C)=O)CC2)c(C)cc1[N+](=O)[O-]. The van der Waals surface area contributed by atoms with Crippen LogP contribution in [-0.4, -0.2) is 49.0 Å². The minimum atomic E-state index is -0.441. The molecular weight excluding hydrogens is 274 g/mol. The van der Waals surface area contributed by atoms with Crippen molar-refractivity contribution < 1.29 is 14.5 Å². The van der Waals surface area contributed by atoms with E-state index in [0.717, 1.165) is 11.3 Å². The summed E-state index contributed by atoms with van der Waals surface area (Å²) in [6.45, 7) is 6.15. The maximum absolute atomic E-state index is 11.3. The van der Waals surface area contributed by atoms with Gasteiger partial charge in [0.05, 0.1) is 12.0 Å². The lowest BCUT2D eigenvalue weighted by atomic mass is 10.1. The lowest BCUT2D eigenvalue weighted by Crippen LogP contribution is -2.48. The third-order valence-corrected chi connectivity index (χ3v) is 3.76. The number of nitrogens with zero attached hydrogens (tertiary/aromatic N) is 3. The zero-order valence-corrected chi connectivity index (χ0v) is 12.5. The molecule has 114 valence electrons. The highest BCUT2D eigenvalue weighted by atomic mass is 16.6. The van der Waals surface area contributed by atoms with E-state index >= 15 is 0 Å². The lowest BCUT2D eigenvalue weighted by molar-refractivity contribution is -0.385. The van der Waals surface area contributed by atoms with Gasteiger partial charge in [0.25, 0.3) is 0 Å². The Kier molecular flexibility index (Phi) is 4.30. The zero-order chi connectivity index (χ0) is 15.6. The molecule has 0 N–H and O–H groups in total. The smallest absolute Gasteiger partial charge is 0.311 e. The summed E-state index contributed by atoms with van der Waals surface area (Å²) in [6, 6.07) is 3.24. The second-order valence-corrected chi connectivity index (χ2v) is 5.06. The van der Waals surface area contributed by atoms with Gasteiger partial charge in [0, 0.05) is 50.9 Å². The molecule has 1 aliphatic rings. The van der Waals surface area contributed by atoms with Gasteiger partial charge in [0.2, 0.25) is 5.91 Å². The Balaban J connectivity index is 2.25. The number of hydrogen-bond donors (Lipinski definition) is 0. The van der Waals surface area contributed by atoms with Crippen LogP contribution in [0.1, 0.15) is 12.5 Å². The maximum atomic E-state index is 11.3. The predicted molar refractivity (Wildman–Crippen MR) is 78.9 cm³/mol. The predicted octanol–water partition coefficient (Wildman–Crippen LogP) is 1.58. The largest absolute Gasteiger partial charge is 0.490 e. The quantitative estimate of drug-likeness (QED) is 0.624. The zero-order valence-electron chi connectivity index (χ0n) is 12.5. The molecule has 1 fully saturated rings. The molecule has 1 saturated heterocycles. The van der Waals surface area contributed by atoms with Crippen molar-refractivity contribution in [2.45, 2.75) is 13.8 Å². The Labute approximate surface area is 123 Å². The number of carbonyl (C=O) groups is 1. The molecule has 1 aromatic rings. The first-order valence-electron chi connectivity index (χ1n) is 6.77. The van der Waals surface area contributed by atoms with Gasteiger partial charge in [-0.2, -0.15) is 0 Å². The Hall–Kier alpha value is -2.31. The number of hydrogen-bond acceptors (Lipinski definition) is 5.